The van der Waals surface area contributed by atoms with Gasteiger partial charge in [-0.05, 0) is 36.8 Å². The smallest absolute Gasteiger partial charge is 0.415 e. The number of benzene rings is 2. The van der Waals surface area contributed by atoms with Crippen molar-refractivity contribution in [2.75, 3.05) is 13.7 Å². The molecule has 0 heterocycles. The molecule has 0 bridgehead atoms. The van der Waals surface area contributed by atoms with E-state index in [1.165, 1.54) is 0 Å². The Labute approximate surface area is 129 Å². The summed E-state index contributed by atoms with van der Waals surface area (Å²) in [5.41, 5.74) is 0.919. The molecule has 5 nitrogen and oxygen atoms in total. The number of hydrogen-bond donors (Lipinski definition) is 1. The molecule has 2 aromatic rings. The molecule has 0 aromatic heterocycles. The molecular weight excluding hydrogens is 282 g/mol. The minimum Gasteiger partial charge on any atom is -0.508 e. The van der Waals surface area contributed by atoms with Gasteiger partial charge in [0.2, 0.25) is 0 Å². The summed E-state index contributed by atoms with van der Waals surface area (Å²) in [6.07, 6.45) is -0.427. The zero-order chi connectivity index (χ0) is 15.9. The van der Waals surface area contributed by atoms with Crippen LogP contribution in [0.2, 0.25) is 0 Å². The van der Waals surface area contributed by atoms with Gasteiger partial charge in [0.15, 0.2) is 0 Å². The maximum atomic E-state index is 12.2. The quantitative estimate of drug-likeness (QED) is 0.919. The molecule has 0 saturated heterocycles. The number of ether oxygens (including phenoxy) is 2. The highest BCUT2D eigenvalue weighted by Crippen LogP contribution is 2.20. The van der Waals surface area contributed by atoms with Gasteiger partial charge in [0, 0.05) is 19.2 Å². The molecular formula is C17H19NO4. The number of methoxy groups -OCH3 is 1. The molecule has 0 unspecified atom stereocenters. The van der Waals surface area contributed by atoms with Crippen LogP contribution in [0.3, 0.4) is 0 Å². The van der Waals surface area contributed by atoms with E-state index in [4.69, 9.17) is 9.47 Å². The number of nitrogens with zero attached hydrogens (tertiary/aromatic N) is 1. The summed E-state index contributed by atoms with van der Waals surface area (Å²) in [6.45, 7) is 2.82. The van der Waals surface area contributed by atoms with Gasteiger partial charge in [-0.25, -0.2) is 4.79 Å². The lowest BCUT2D eigenvalue weighted by molar-refractivity contribution is 0.152. The van der Waals surface area contributed by atoms with Gasteiger partial charge in [-0.3, -0.25) is 0 Å². The fourth-order valence-electron chi connectivity index (χ4n) is 1.96. The van der Waals surface area contributed by atoms with E-state index in [1.54, 1.807) is 60.5 Å². The topological polar surface area (TPSA) is 59.0 Å². The van der Waals surface area contributed by atoms with Crippen molar-refractivity contribution in [2.45, 2.75) is 13.5 Å². The van der Waals surface area contributed by atoms with Crippen LogP contribution < -0.4 is 9.47 Å². The van der Waals surface area contributed by atoms with E-state index in [2.05, 4.69) is 0 Å². The predicted octanol–water partition coefficient (Wildman–Crippen LogP) is 3.42. The summed E-state index contributed by atoms with van der Waals surface area (Å²) in [4.78, 5) is 13.8. The fourth-order valence-corrected chi connectivity index (χ4v) is 1.96. The molecule has 5 heteroatoms. The first-order chi connectivity index (χ1) is 10.6. The zero-order valence-corrected chi connectivity index (χ0v) is 12.7. The SMILES string of the molecule is CCN(Cc1ccc(O)cc1)C(=O)Oc1cccc(OC)c1. The zero-order valence-electron chi connectivity index (χ0n) is 12.7. The molecule has 1 N–H and O–H groups in total. The van der Waals surface area contributed by atoms with Crippen molar-refractivity contribution in [3.8, 4) is 17.2 Å². The van der Waals surface area contributed by atoms with Gasteiger partial charge < -0.3 is 19.5 Å². The first-order valence-corrected chi connectivity index (χ1v) is 7.01. The minimum atomic E-state index is -0.427. The summed E-state index contributed by atoms with van der Waals surface area (Å²) >= 11 is 0. The van der Waals surface area contributed by atoms with Crippen LogP contribution >= 0.6 is 0 Å². The molecule has 0 fully saturated rings. The maximum Gasteiger partial charge on any atom is 0.415 e. The Balaban J connectivity index is 2.03. The van der Waals surface area contributed by atoms with Gasteiger partial charge in [-0.1, -0.05) is 18.2 Å². The van der Waals surface area contributed by atoms with Crippen LogP contribution in [0.15, 0.2) is 48.5 Å². The Hall–Kier alpha value is -2.69. The number of phenolic OH excluding ortho intramolecular Hbond substituents is 1. The second-order valence-corrected chi connectivity index (χ2v) is 4.73. The molecule has 22 heavy (non-hydrogen) atoms. The first-order valence-electron chi connectivity index (χ1n) is 7.01. The number of rotatable bonds is 5. The average Bonchev–Trinajstić information content (AvgIpc) is 2.54. The molecule has 0 spiro atoms. The molecule has 0 radical (unpaired) electrons. The molecule has 0 aliphatic carbocycles. The molecule has 2 rings (SSSR count). The number of amides is 1. The van der Waals surface area contributed by atoms with Gasteiger partial charge >= 0.3 is 6.09 Å². The van der Waals surface area contributed by atoms with E-state index in [9.17, 15) is 9.90 Å². The van der Waals surface area contributed by atoms with Crippen molar-refractivity contribution in [3.63, 3.8) is 0 Å². The van der Waals surface area contributed by atoms with E-state index < -0.39 is 6.09 Å². The van der Waals surface area contributed by atoms with Gasteiger partial charge in [-0.15, -0.1) is 0 Å². The molecule has 1 amide bonds. The van der Waals surface area contributed by atoms with Crippen molar-refractivity contribution in [2.24, 2.45) is 0 Å². The van der Waals surface area contributed by atoms with Crippen LogP contribution in [0.4, 0.5) is 4.79 Å². The van der Waals surface area contributed by atoms with Crippen LogP contribution in [-0.2, 0) is 6.54 Å². The van der Waals surface area contributed by atoms with Crippen molar-refractivity contribution in [1.29, 1.82) is 0 Å². The Morgan fingerprint density at radius 1 is 1.14 bits per heavy atom. The summed E-state index contributed by atoms with van der Waals surface area (Å²) in [5.74, 6) is 1.27. The van der Waals surface area contributed by atoms with Gasteiger partial charge in [0.05, 0.1) is 7.11 Å². The Morgan fingerprint density at radius 3 is 2.45 bits per heavy atom. The van der Waals surface area contributed by atoms with E-state index >= 15 is 0 Å². The number of carbonyl (C=O) groups excluding carboxylic acids is 1. The minimum absolute atomic E-state index is 0.200. The second-order valence-electron chi connectivity index (χ2n) is 4.73. The second kappa shape index (κ2) is 7.36. The average molecular weight is 301 g/mol. The summed E-state index contributed by atoms with van der Waals surface area (Å²) in [7, 11) is 1.56. The van der Waals surface area contributed by atoms with E-state index in [0.29, 0.717) is 24.6 Å². The Bertz CT molecular complexity index is 625. The number of hydrogen-bond acceptors (Lipinski definition) is 4. The Kier molecular flexibility index (Phi) is 5.25. The standard InChI is InChI=1S/C17H19NO4/c1-3-18(12-13-7-9-14(19)10-8-13)17(20)22-16-6-4-5-15(11-16)21-2/h4-11,19H,3,12H2,1-2H3. The van der Waals surface area contributed by atoms with Crippen molar-refractivity contribution >= 4 is 6.09 Å². The third-order valence-electron chi connectivity index (χ3n) is 3.20. The molecule has 116 valence electrons. The number of carbonyl (C=O) groups is 1. The number of phenols is 1. The maximum absolute atomic E-state index is 12.2. The van der Waals surface area contributed by atoms with Crippen molar-refractivity contribution < 1.29 is 19.4 Å². The summed E-state index contributed by atoms with van der Waals surface area (Å²) < 4.78 is 10.5. The fraction of sp³-hybridized carbons (Fsp3) is 0.235. The monoisotopic (exact) mass is 301 g/mol. The molecule has 0 aliphatic rings. The van der Waals surface area contributed by atoms with Gasteiger partial charge in [0.1, 0.15) is 17.2 Å². The lowest BCUT2D eigenvalue weighted by atomic mass is 10.2. The highest BCUT2D eigenvalue weighted by molar-refractivity contribution is 5.70. The van der Waals surface area contributed by atoms with E-state index in [-0.39, 0.29) is 5.75 Å². The predicted molar refractivity (Wildman–Crippen MR) is 83.2 cm³/mol. The van der Waals surface area contributed by atoms with E-state index in [1.807, 2.05) is 6.92 Å². The third kappa shape index (κ3) is 4.15. The van der Waals surface area contributed by atoms with Gasteiger partial charge in [-0.2, -0.15) is 0 Å². The third-order valence-corrected chi connectivity index (χ3v) is 3.20. The van der Waals surface area contributed by atoms with Crippen molar-refractivity contribution in [1.82, 2.24) is 4.90 Å². The molecule has 0 saturated carbocycles. The lowest BCUT2D eigenvalue weighted by Crippen LogP contribution is -2.32. The van der Waals surface area contributed by atoms with Crippen molar-refractivity contribution in [3.05, 3.63) is 54.1 Å². The molecule has 2 aromatic carbocycles. The molecule has 0 aliphatic heterocycles. The van der Waals surface area contributed by atoms with E-state index in [0.717, 1.165) is 5.56 Å². The molecule has 0 atom stereocenters. The lowest BCUT2D eigenvalue weighted by Gasteiger charge is -2.20. The highest BCUT2D eigenvalue weighted by atomic mass is 16.6. The summed E-state index contributed by atoms with van der Waals surface area (Å²) in [6, 6.07) is 13.6. The number of aromatic hydroxyl groups is 1. The van der Waals surface area contributed by atoms with Gasteiger partial charge in [0.25, 0.3) is 0 Å². The first kappa shape index (κ1) is 15.7. The largest absolute Gasteiger partial charge is 0.508 e. The van der Waals surface area contributed by atoms with Crippen LogP contribution in [0, 0.1) is 0 Å². The highest BCUT2D eigenvalue weighted by Gasteiger charge is 2.15. The van der Waals surface area contributed by atoms with Crippen LogP contribution in [-0.4, -0.2) is 29.8 Å². The summed E-state index contributed by atoms with van der Waals surface area (Å²) in [5, 5.41) is 9.28. The normalized spacial score (nSPS) is 10.1. The van der Waals surface area contributed by atoms with Crippen LogP contribution in [0.1, 0.15) is 12.5 Å². The van der Waals surface area contributed by atoms with Crippen LogP contribution in [0.25, 0.3) is 0 Å². The Morgan fingerprint density at radius 2 is 1.82 bits per heavy atom. The van der Waals surface area contributed by atoms with Crippen LogP contribution in [0.5, 0.6) is 17.2 Å².